The highest BCUT2D eigenvalue weighted by molar-refractivity contribution is 4.93. The summed E-state index contributed by atoms with van der Waals surface area (Å²) < 4.78 is 26.2. The Morgan fingerprint density at radius 3 is 2.55 bits per heavy atom. The summed E-state index contributed by atoms with van der Waals surface area (Å²) in [5.41, 5.74) is 0. The lowest BCUT2D eigenvalue weighted by Gasteiger charge is -2.31. The molecule has 1 heterocycles. The van der Waals surface area contributed by atoms with E-state index in [1.54, 1.807) is 0 Å². The molecule has 0 bridgehead atoms. The van der Waals surface area contributed by atoms with Crippen LogP contribution >= 0.6 is 0 Å². The molecular formula is C8H13F2N. The Morgan fingerprint density at radius 2 is 2.00 bits per heavy atom. The second-order valence-electron chi connectivity index (χ2n) is 3.66. The monoisotopic (exact) mass is 161 g/mol. The average Bonchev–Trinajstić information content (AvgIpc) is 2.69. The molecule has 2 fully saturated rings. The molecule has 0 radical (unpaired) electrons. The van der Waals surface area contributed by atoms with E-state index in [2.05, 4.69) is 5.32 Å². The van der Waals surface area contributed by atoms with Crippen molar-refractivity contribution in [3.63, 3.8) is 0 Å². The lowest BCUT2D eigenvalue weighted by Crippen LogP contribution is -2.45. The smallest absolute Gasteiger partial charge is 0.253 e. The average molecular weight is 161 g/mol. The molecule has 11 heavy (non-hydrogen) atoms. The third kappa shape index (κ3) is 1.39. The number of piperidine rings is 1. The van der Waals surface area contributed by atoms with Gasteiger partial charge in [0, 0.05) is 25.4 Å². The Bertz CT molecular complexity index is 154. The maximum Gasteiger partial charge on any atom is 0.253 e. The van der Waals surface area contributed by atoms with E-state index < -0.39 is 5.92 Å². The molecule has 1 nitrogen and oxygen atoms in total. The summed E-state index contributed by atoms with van der Waals surface area (Å²) in [5.74, 6) is -2.43. The van der Waals surface area contributed by atoms with Crippen molar-refractivity contribution in [1.82, 2.24) is 5.32 Å². The molecule has 0 aromatic carbocycles. The summed E-state index contributed by atoms with van der Waals surface area (Å²) in [6.45, 7) is 1.01. The van der Waals surface area contributed by atoms with Gasteiger partial charge in [0.2, 0.25) is 0 Å². The fourth-order valence-electron chi connectivity index (χ4n) is 1.86. The minimum absolute atomic E-state index is 0.0359. The van der Waals surface area contributed by atoms with Crippen LogP contribution in [0.5, 0.6) is 0 Å². The lowest BCUT2D eigenvalue weighted by atomic mass is 9.90. The topological polar surface area (TPSA) is 12.0 Å². The standard InChI is InChI=1S/C8H13F2N/c9-8(10)3-4-11-5-7(8)6-1-2-6/h6-7,11H,1-5H2. The molecule has 0 spiro atoms. The summed E-state index contributed by atoms with van der Waals surface area (Å²) in [7, 11) is 0. The first-order valence-electron chi connectivity index (χ1n) is 4.29. The molecule has 0 aromatic rings. The van der Waals surface area contributed by atoms with Gasteiger partial charge >= 0.3 is 0 Å². The Labute approximate surface area is 65.2 Å². The quantitative estimate of drug-likeness (QED) is 0.616. The van der Waals surface area contributed by atoms with Gasteiger partial charge in [0.1, 0.15) is 0 Å². The largest absolute Gasteiger partial charge is 0.316 e. The SMILES string of the molecule is FC1(F)CCNCC1C1CC1. The van der Waals surface area contributed by atoms with Gasteiger partial charge in [-0.05, 0) is 18.8 Å². The molecule has 1 aliphatic heterocycles. The van der Waals surface area contributed by atoms with Crippen molar-refractivity contribution < 1.29 is 8.78 Å². The highest BCUT2D eigenvalue weighted by Gasteiger charge is 2.48. The molecule has 0 amide bonds. The van der Waals surface area contributed by atoms with Gasteiger partial charge in [-0.15, -0.1) is 0 Å². The number of halogens is 2. The summed E-state index contributed by atoms with van der Waals surface area (Å²) >= 11 is 0. The molecule has 3 heteroatoms. The number of rotatable bonds is 1. The second kappa shape index (κ2) is 2.41. The molecule has 0 aromatic heterocycles. The molecule has 2 rings (SSSR count). The van der Waals surface area contributed by atoms with Gasteiger partial charge in [0.05, 0.1) is 0 Å². The van der Waals surface area contributed by atoms with Gasteiger partial charge in [-0.3, -0.25) is 0 Å². The molecule has 64 valence electrons. The predicted molar refractivity (Wildman–Crippen MR) is 38.6 cm³/mol. The van der Waals surface area contributed by atoms with Gasteiger partial charge in [-0.2, -0.15) is 0 Å². The van der Waals surface area contributed by atoms with E-state index in [0.29, 0.717) is 19.0 Å². The van der Waals surface area contributed by atoms with E-state index in [0.717, 1.165) is 12.8 Å². The van der Waals surface area contributed by atoms with Crippen LogP contribution in [0.4, 0.5) is 8.78 Å². The molecule has 1 aliphatic carbocycles. The van der Waals surface area contributed by atoms with Crippen LogP contribution in [-0.2, 0) is 0 Å². The Hall–Kier alpha value is -0.180. The zero-order chi connectivity index (χ0) is 7.90. The van der Waals surface area contributed by atoms with Gasteiger partial charge in [0.25, 0.3) is 5.92 Å². The maximum absolute atomic E-state index is 13.1. The number of hydrogen-bond donors (Lipinski definition) is 1. The van der Waals surface area contributed by atoms with Crippen LogP contribution in [0.2, 0.25) is 0 Å². The van der Waals surface area contributed by atoms with Crippen LogP contribution in [0.15, 0.2) is 0 Å². The summed E-state index contributed by atoms with van der Waals surface area (Å²) in [4.78, 5) is 0. The van der Waals surface area contributed by atoms with E-state index >= 15 is 0 Å². The van der Waals surface area contributed by atoms with Crippen molar-refractivity contribution in [2.24, 2.45) is 11.8 Å². The van der Waals surface area contributed by atoms with E-state index in [4.69, 9.17) is 0 Å². The van der Waals surface area contributed by atoms with E-state index in [9.17, 15) is 8.78 Å². The first kappa shape index (κ1) is 7.47. The minimum atomic E-state index is -2.38. The van der Waals surface area contributed by atoms with E-state index in [1.165, 1.54) is 0 Å². The van der Waals surface area contributed by atoms with Crippen molar-refractivity contribution >= 4 is 0 Å². The molecule has 1 unspecified atom stereocenters. The fourth-order valence-corrected chi connectivity index (χ4v) is 1.86. The Balaban J connectivity index is 2.02. The van der Waals surface area contributed by atoms with Crippen LogP contribution in [-0.4, -0.2) is 19.0 Å². The molecule has 1 atom stereocenters. The van der Waals surface area contributed by atoms with Crippen LogP contribution in [0.3, 0.4) is 0 Å². The van der Waals surface area contributed by atoms with E-state index in [1.807, 2.05) is 0 Å². The van der Waals surface area contributed by atoms with E-state index in [-0.39, 0.29) is 12.3 Å². The summed E-state index contributed by atoms with van der Waals surface area (Å²) in [6, 6.07) is 0. The first-order valence-corrected chi connectivity index (χ1v) is 4.29. The van der Waals surface area contributed by atoms with Crippen LogP contribution in [0, 0.1) is 11.8 Å². The normalized spacial score (nSPS) is 37.1. The van der Waals surface area contributed by atoms with Crippen molar-refractivity contribution in [2.75, 3.05) is 13.1 Å². The van der Waals surface area contributed by atoms with Crippen molar-refractivity contribution in [2.45, 2.75) is 25.2 Å². The van der Waals surface area contributed by atoms with Gasteiger partial charge < -0.3 is 5.32 Å². The minimum Gasteiger partial charge on any atom is -0.316 e. The van der Waals surface area contributed by atoms with Crippen LogP contribution < -0.4 is 5.32 Å². The van der Waals surface area contributed by atoms with Crippen molar-refractivity contribution in [3.05, 3.63) is 0 Å². The molecule has 2 aliphatic rings. The fraction of sp³-hybridized carbons (Fsp3) is 1.00. The predicted octanol–water partition coefficient (Wildman–Crippen LogP) is 1.64. The number of alkyl halides is 2. The first-order chi connectivity index (χ1) is 5.20. The molecule has 1 N–H and O–H groups in total. The third-order valence-electron chi connectivity index (χ3n) is 2.73. The van der Waals surface area contributed by atoms with Gasteiger partial charge in [-0.1, -0.05) is 0 Å². The highest BCUT2D eigenvalue weighted by Crippen LogP contribution is 2.46. The third-order valence-corrected chi connectivity index (χ3v) is 2.73. The zero-order valence-electron chi connectivity index (χ0n) is 6.45. The number of hydrogen-bond acceptors (Lipinski definition) is 1. The Kier molecular flexibility index (Phi) is 1.63. The lowest BCUT2D eigenvalue weighted by molar-refractivity contribution is -0.0858. The maximum atomic E-state index is 13.1. The Morgan fingerprint density at radius 1 is 1.27 bits per heavy atom. The van der Waals surface area contributed by atoms with Crippen LogP contribution in [0.1, 0.15) is 19.3 Å². The summed E-state index contributed by atoms with van der Waals surface area (Å²) in [5, 5.41) is 3.03. The van der Waals surface area contributed by atoms with Crippen LogP contribution in [0.25, 0.3) is 0 Å². The molecule has 1 saturated heterocycles. The van der Waals surface area contributed by atoms with Crippen molar-refractivity contribution in [3.8, 4) is 0 Å². The van der Waals surface area contributed by atoms with Gasteiger partial charge in [0.15, 0.2) is 0 Å². The molecular weight excluding hydrogens is 148 g/mol. The second-order valence-corrected chi connectivity index (χ2v) is 3.66. The summed E-state index contributed by atoms with van der Waals surface area (Å²) in [6.07, 6.45) is 2.07. The zero-order valence-corrected chi connectivity index (χ0v) is 6.45. The van der Waals surface area contributed by atoms with Crippen molar-refractivity contribution in [1.29, 1.82) is 0 Å². The highest BCUT2D eigenvalue weighted by atomic mass is 19.3. The van der Waals surface area contributed by atoms with Gasteiger partial charge in [-0.25, -0.2) is 8.78 Å². The number of nitrogens with one attached hydrogen (secondary N) is 1. The molecule has 1 saturated carbocycles.